The second kappa shape index (κ2) is 5.83. The van der Waals surface area contributed by atoms with Crippen molar-refractivity contribution in [3.63, 3.8) is 0 Å². The predicted molar refractivity (Wildman–Crippen MR) is 87.1 cm³/mol. The number of nitrogen functional groups attached to an aromatic ring is 1. The molecule has 0 saturated heterocycles. The number of hydrogen-bond acceptors (Lipinski definition) is 3. The average molecular weight is 305 g/mol. The average Bonchev–Trinajstić information content (AvgIpc) is 2.38. The van der Waals surface area contributed by atoms with Gasteiger partial charge in [0.05, 0.1) is 5.69 Å². The van der Waals surface area contributed by atoms with Crippen molar-refractivity contribution in [2.75, 3.05) is 10.0 Å². The second-order valence-electron chi connectivity index (χ2n) is 5.68. The molecule has 112 valence electrons. The SMILES string of the molecule is CC(C)(C)N(c1ccccc1-c1ccc(N)nc1)S(=O)O. The lowest BCUT2D eigenvalue weighted by Crippen LogP contribution is -2.42. The summed E-state index contributed by atoms with van der Waals surface area (Å²) < 4.78 is 22.9. The summed E-state index contributed by atoms with van der Waals surface area (Å²) in [6, 6.07) is 11.0. The van der Waals surface area contributed by atoms with E-state index in [1.165, 1.54) is 4.31 Å². The molecule has 0 aliphatic heterocycles. The summed E-state index contributed by atoms with van der Waals surface area (Å²) in [5, 5.41) is 0. The van der Waals surface area contributed by atoms with Gasteiger partial charge in [0.25, 0.3) is 11.3 Å². The molecular weight excluding hydrogens is 286 g/mol. The number of pyridine rings is 1. The van der Waals surface area contributed by atoms with E-state index in [0.29, 0.717) is 11.5 Å². The smallest absolute Gasteiger partial charge is 0.262 e. The number of nitrogens with two attached hydrogens (primary N) is 1. The Morgan fingerprint density at radius 1 is 1.19 bits per heavy atom. The molecule has 3 N–H and O–H groups in total. The molecule has 21 heavy (non-hydrogen) atoms. The van der Waals surface area contributed by atoms with Crippen molar-refractivity contribution in [1.29, 1.82) is 0 Å². The molecular formula is C15H19N3O2S. The van der Waals surface area contributed by atoms with E-state index in [1.54, 1.807) is 12.3 Å². The number of benzene rings is 1. The van der Waals surface area contributed by atoms with Gasteiger partial charge in [-0.3, -0.25) is 8.86 Å². The number of rotatable bonds is 3. The fraction of sp³-hybridized carbons (Fsp3) is 0.267. The fourth-order valence-electron chi connectivity index (χ4n) is 2.14. The highest BCUT2D eigenvalue weighted by molar-refractivity contribution is 7.80. The highest BCUT2D eigenvalue weighted by Gasteiger charge is 2.28. The fourth-order valence-corrected chi connectivity index (χ4v) is 2.94. The van der Waals surface area contributed by atoms with E-state index in [-0.39, 0.29) is 0 Å². The van der Waals surface area contributed by atoms with Crippen molar-refractivity contribution in [2.24, 2.45) is 0 Å². The topological polar surface area (TPSA) is 79.5 Å². The molecule has 0 spiro atoms. The second-order valence-corrected chi connectivity index (χ2v) is 6.51. The summed E-state index contributed by atoms with van der Waals surface area (Å²) in [7, 11) is 0. The molecule has 0 bridgehead atoms. The predicted octanol–water partition coefficient (Wildman–Crippen LogP) is 3.07. The van der Waals surface area contributed by atoms with Crippen LogP contribution >= 0.6 is 0 Å². The van der Waals surface area contributed by atoms with Crippen molar-refractivity contribution in [1.82, 2.24) is 4.98 Å². The zero-order chi connectivity index (χ0) is 15.6. The summed E-state index contributed by atoms with van der Waals surface area (Å²) in [5.74, 6) is 0.439. The van der Waals surface area contributed by atoms with E-state index >= 15 is 0 Å². The van der Waals surface area contributed by atoms with Crippen LogP contribution in [0.15, 0.2) is 42.6 Å². The van der Waals surface area contributed by atoms with Gasteiger partial charge in [-0.2, -0.15) is 0 Å². The van der Waals surface area contributed by atoms with E-state index in [2.05, 4.69) is 4.98 Å². The first-order valence-corrected chi connectivity index (χ1v) is 7.59. The number of anilines is 2. The zero-order valence-electron chi connectivity index (χ0n) is 12.3. The molecule has 5 nitrogen and oxygen atoms in total. The van der Waals surface area contributed by atoms with E-state index in [9.17, 15) is 8.76 Å². The minimum atomic E-state index is -2.12. The standard InChI is InChI=1S/C15H19N3O2S/c1-15(2,3)18(21(19)20)13-7-5-4-6-12(13)11-8-9-14(16)17-10-11/h4-10H,1-3H3,(H2,16,17)(H,19,20). The first kappa shape index (κ1) is 15.5. The van der Waals surface area contributed by atoms with Crippen LogP contribution in [0.4, 0.5) is 11.5 Å². The van der Waals surface area contributed by atoms with Crippen LogP contribution < -0.4 is 10.0 Å². The summed E-state index contributed by atoms with van der Waals surface area (Å²) >= 11 is -2.12. The van der Waals surface area contributed by atoms with Gasteiger partial charge in [-0.25, -0.2) is 9.19 Å². The molecule has 1 heterocycles. The number of hydrogen-bond donors (Lipinski definition) is 2. The van der Waals surface area contributed by atoms with Gasteiger partial charge in [0.2, 0.25) is 0 Å². The van der Waals surface area contributed by atoms with Crippen molar-refractivity contribution in [3.05, 3.63) is 42.6 Å². The Morgan fingerprint density at radius 3 is 2.38 bits per heavy atom. The van der Waals surface area contributed by atoms with Crippen molar-refractivity contribution >= 4 is 22.8 Å². The number of nitrogens with zero attached hydrogens (tertiary/aromatic N) is 2. The lowest BCUT2D eigenvalue weighted by molar-refractivity contribution is 0.515. The third-order valence-corrected chi connectivity index (χ3v) is 4.04. The van der Waals surface area contributed by atoms with Crippen LogP contribution in [0, 0.1) is 0 Å². The van der Waals surface area contributed by atoms with Crippen LogP contribution in [0.25, 0.3) is 11.1 Å². The van der Waals surface area contributed by atoms with Crippen molar-refractivity contribution in [3.8, 4) is 11.1 Å². The molecule has 0 amide bonds. The molecule has 1 unspecified atom stereocenters. The first-order valence-electron chi connectivity index (χ1n) is 6.53. The Balaban J connectivity index is 2.60. The van der Waals surface area contributed by atoms with Crippen LogP contribution in [0.2, 0.25) is 0 Å². The van der Waals surface area contributed by atoms with Gasteiger partial charge >= 0.3 is 0 Å². The molecule has 0 fully saturated rings. The summed E-state index contributed by atoms with van der Waals surface area (Å²) in [6.45, 7) is 5.66. The molecule has 6 heteroatoms. The van der Waals surface area contributed by atoms with E-state index in [0.717, 1.165) is 11.1 Å². The largest absolute Gasteiger partial charge is 0.384 e. The Labute approximate surface area is 127 Å². The maximum atomic E-state index is 11.8. The monoisotopic (exact) mass is 305 g/mol. The Morgan fingerprint density at radius 2 is 1.86 bits per heavy atom. The highest BCUT2D eigenvalue weighted by Crippen LogP contribution is 2.35. The van der Waals surface area contributed by atoms with E-state index < -0.39 is 16.8 Å². The molecule has 1 aromatic heterocycles. The van der Waals surface area contributed by atoms with Crippen LogP contribution in [0.3, 0.4) is 0 Å². The van der Waals surface area contributed by atoms with Gasteiger partial charge in [0.1, 0.15) is 5.82 Å². The molecule has 0 saturated carbocycles. The van der Waals surface area contributed by atoms with Gasteiger partial charge in [-0.1, -0.05) is 18.2 Å². The minimum Gasteiger partial charge on any atom is -0.384 e. The van der Waals surface area contributed by atoms with Gasteiger partial charge < -0.3 is 5.73 Å². The third kappa shape index (κ3) is 3.40. The van der Waals surface area contributed by atoms with E-state index in [1.807, 2.05) is 51.1 Å². The lowest BCUT2D eigenvalue weighted by Gasteiger charge is -2.34. The van der Waals surface area contributed by atoms with Gasteiger partial charge in [-0.15, -0.1) is 0 Å². The van der Waals surface area contributed by atoms with Gasteiger partial charge in [0.15, 0.2) is 0 Å². The first-order chi connectivity index (χ1) is 9.80. The molecule has 2 aromatic rings. The Bertz CT molecular complexity index is 651. The summed E-state index contributed by atoms with van der Waals surface area (Å²) in [6.07, 6.45) is 1.66. The molecule has 0 aliphatic rings. The lowest BCUT2D eigenvalue weighted by atomic mass is 10.0. The van der Waals surface area contributed by atoms with Gasteiger partial charge in [0, 0.05) is 22.9 Å². The zero-order valence-corrected chi connectivity index (χ0v) is 13.1. The third-order valence-electron chi connectivity index (χ3n) is 2.99. The highest BCUT2D eigenvalue weighted by atomic mass is 32.2. The Hall–Kier alpha value is -1.92. The Kier molecular flexibility index (Phi) is 4.29. The molecule has 0 aliphatic carbocycles. The van der Waals surface area contributed by atoms with Crippen LogP contribution in [0.1, 0.15) is 20.8 Å². The molecule has 2 rings (SSSR count). The quantitative estimate of drug-likeness (QED) is 0.854. The summed E-state index contributed by atoms with van der Waals surface area (Å²) in [5.41, 5.74) is 7.47. The van der Waals surface area contributed by atoms with Crippen LogP contribution in [-0.4, -0.2) is 19.3 Å². The van der Waals surface area contributed by atoms with Crippen molar-refractivity contribution in [2.45, 2.75) is 26.3 Å². The number of aromatic nitrogens is 1. The van der Waals surface area contributed by atoms with Crippen LogP contribution in [0.5, 0.6) is 0 Å². The van der Waals surface area contributed by atoms with Crippen LogP contribution in [-0.2, 0) is 11.3 Å². The normalized spacial score (nSPS) is 13.0. The van der Waals surface area contributed by atoms with Gasteiger partial charge in [-0.05, 0) is 39.0 Å². The molecule has 1 aromatic carbocycles. The van der Waals surface area contributed by atoms with E-state index in [4.69, 9.17) is 5.73 Å². The minimum absolute atomic E-state index is 0.439. The molecule has 1 atom stereocenters. The summed E-state index contributed by atoms with van der Waals surface area (Å²) in [4.78, 5) is 4.08. The van der Waals surface area contributed by atoms with Crippen molar-refractivity contribution < 1.29 is 8.76 Å². The number of para-hydroxylation sites is 1. The maximum absolute atomic E-state index is 11.8. The maximum Gasteiger partial charge on any atom is 0.262 e. The molecule has 0 radical (unpaired) electrons.